The third-order valence-electron chi connectivity index (χ3n) is 6.62. The van der Waals surface area contributed by atoms with Crippen LogP contribution in [0.2, 0.25) is 0 Å². The Kier molecular flexibility index (Phi) is 6.82. The normalized spacial score (nSPS) is 11.9. The molecule has 0 amide bonds. The largest absolute Gasteiger partial charge is 0.460 e. The summed E-state index contributed by atoms with van der Waals surface area (Å²) in [5.74, 6) is -0.826. The molecule has 0 unspecified atom stereocenters. The van der Waals surface area contributed by atoms with Crippen molar-refractivity contribution in [1.29, 1.82) is 0 Å². The molecule has 6 nitrogen and oxygen atoms in total. The Hall–Kier alpha value is -4.66. The van der Waals surface area contributed by atoms with Gasteiger partial charge in [0, 0.05) is 13.2 Å². The van der Waals surface area contributed by atoms with Crippen LogP contribution in [-0.4, -0.2) is 31.9 Å². The van der Waals surface area contributed by atoms with Gasteiger partial charge in [0.2, 0.25) is 5.82 Å². The Morgan fingerprint density at radius 1 is 0.846 bits per heavy atom. The number of aromatic nitrogens is 4. The van der Waals surface area contributed by atoms with Crippen molar-refractivity contribution in [3.8, 4) is 11.3 Å². The van der Waals surface area contributed by atoms with Crippen molar-refractivity contribution in [1.82, 2.24) is 19.3 Å². The lowest BCUT2D eigenvalue weighted by Gasteiger charge is -2.36. The number of hydrogen-bond donors (Lipinski definition) is 0. The molecule has 39 heavy (non-hydrogen) atoms. The van der Waals surface area contributed by atoms with Crippen molar-refractivity contribution in [2.24, 2.45) is 7.05 Å². The van der Waals surface area contributed by atoms with Crippen molar-refractivity contribution >= 4 is 5.97 Å². The summed E-state index contributed by atoms with van der Waals surface area (Å²) in [6.07, 6.45) is -2.18. The lowest BCUT2D eigenvalue weighted by Crippen LogP contribution is -2.38. The summed E-state index contributed by atoms with van der Waals surface area (Å²) in [5, 5.41) is 4.23. The molecule has 0 saturated heterocycles. The van der Waals surface area contributed by atoms with E-state index >= 15 is 0 Å². The summed E-state index contributed by atoms with van der Waals surface area (Å²) in [6, 6.07) is 27.9. The average molecular weight is 531 g/mol. The van der Waals surface area contributed by atoms with Crippen LogP contribution >= 0.6 is 0 Å². The quantitative estimate of drug-likeness (QED) is 0.183. The van der Waals surface area contributed by atoms with Gasteiger partial charge >= 0.3 is 12.1 Å². The molecule has 5 aromatic rings. The van der Waals surface area contributed by atoms with Crippen molar-refractivity contribution in [2.75, 3.05) is 6.61 Å². The van der Waals surface area contributed by atoms with E-state index in [0.29, 0.717) is 0 Å². The summed E-state index contributed by atoms with van der Waals surface area (Å²) in [5.41, 5.74) is -0.287. The van der Waals surface area contributed by atoms with Gasteiger partial charge in [-0.05, 0) is 23.6 Å². The molecule has 198 valence electrons. The van der Waals surface area contributed by atoms with E-state index in [4.69, 9.17) is 4.74 Å². The molecule has 0 bridgehead atoms. The highest BCUT2D eigenvalue weighted by molar-refractivity contribution is 5.86. The molecule has 0 radical (unpaired) electrons. The summed E-state index contributed by atoms with van der Waals surface area (Å²) in [6.45, 7) is 1.75. The maximum atomic E-state index is 14.6. The molecule has 0 aliphatic heterocycles. The molecular formula is C30H25F3N4O2. The topological polar surface area (TPSA) is 61.9 Å². The van der Waals surface area contributed by atoms with Gasteiger partial charge in [-0.2, -0.15) is 18.3 Å². The average Bonchev–Trinajstić information content (AvgIpc) is 3.55. The van der Waals surface area contributed by atoms with E-state index in [1.807, 2.05) is 91.0 Å². The van der Waals surface area contributed by atoms with Crippen LogP contribution in [0.1, 0.15) is 39.9 Å². The van der Waals surface area contributed by atoms with Crippen LogP contribution < -0.4 is 0 Å². The Morgan fingerprint density at radius 3 is 1.77 bits per heavy atom. The summed E-state index contributed by atoms with van der Waals surface area (Å²) in [4.78, 5) is 16.4. The molecule has 0 aliphatic rings. The first-order valence-electron chi connectivity index (χ1n) is 12.3. The Morgan fingerprint density at radius 2 is 1.33 bits per heavy atom. The van der Waals surface area contributed by atoms with Crippen molar-refractivity contribution < 1.29 is 22.7 Å². The van der Waals surface area contributed by atoms with Gasteiger partial charge in [0.25, 0.3) is 0 Å². The van der Waals surface area contributed by atoms with Crippen LogP contribution in [0, 0.1) is 0 Å². The Labute approximate surface area is 223 Å². The lowest BCUT2D eigenvalue weighted by molar-refractivity contribution is -0.141. The number of nitrogens with zero attached hydrogens (tertiary/aromatic N) is 4. The van der Waals surface area contributed by atoms with Gasteiger partial charge in [0.15, 0.2) is 5.69 Å². The van der Waals surface area contributed by atoms with Crippen LogP contribution in [0.15, 0.2) is 103 Å². The van der Waals surface area contributed by atoms with Gasteiger partial charge < -0.3 is 9.30 Å². The van der Waals surface area contributed by atoms with Crippen LogP contribution in [0.3, 0.4) is 0 Å². The number of ether oxygens (including phenoxy) is 1. The number of halogens is 3. The van der Waals surface area contributed by atoms with Gasteiger partial charge in [-0.1, -0.05) is 91.0 Å². The summed E-state index contributed by atoms with van der Waals surface area (Å²) in [7, 11) is 1.48. The van der Waals surface area contributed by atoms with E-state index in [2.05, 4.69) is 10.1 Å². The minimum atomic E-state index is -4.79. The molecule has 0 spiro atoms. The van der Waals surface area contributed by atoms with Gasteiger partial charge in [0.1, 0.15) is 5.54 Å². The zero-order valence-electron chi connectivity index (χ0n) is 21.3. The number of alkyl halides is 3. The number of carbonyl (C=O) groups is 1. The fourth-order valence-electron chi connectivity index (χ4n) is 4.92. The number of rotatable bonds is 7. The maximum absolute atomic E-state index is 14.6. The molecule has 0 atom stereocenters. The first-order valence-corrected chi connectivity index (χ1v) is 12.3. The highest BCUT2D eigenvalue weighted by Crippen LogP contribution is 2.44. The van der Waals surface area contributed by atoms with E-state index in [9.17, 15) is 18.0 Å². The standard InChI is InChI=1S/C30H25F3N4O2/c1-3-39-28(38)27-34-19-25(36(27)2)24-20-37(35-26(24)30(31,32)33)29(21-13-7-4-8-14-21,22-15-9-5-10-16-22)23-17-11-6-12-18-23/h4-20H,3H2,1-2H3. The monoisotopic (exact) mass is 530 g/mol. The number of imidazole rings is 1. The summed E-state index contributed by atoms with van der Waals surface area (Å²) < 4.78 is 51.4. The van der Waals surface area contributed by atoms with Crippen molar-refractivity contribution in [3.05, 3.63) is 132 Å². The summed E-state index contributed by atoms with van der Waals surface area (Å²) >= 11 is 0. The fourth-order valence-corrected chi connectivity index (χ4v) is 4.92. The second-order valence-corrected chi connectivity index (χ2v) is 8.89. The van der Waals surface area contributed by atoms with E-state index in [-0.39, 0.29) is 23.7 Å². The molecule has 3 aromatic carbocycles. The molecule has 2 aromatic heterocycles. The van der Waals surface area contributed by atoms with Gasteiger partial charge in [0.05, 0.1) is 24.1 Å². The van der Waals surface area contributed by atoms with Crippen LogP contribution in [-0.2, 0) is 23.5 Å². The van der Waals surface area contributed by atoms with Crippen molar-refractivity contribution in [2.45, 2.75) is 18.6 Å². The fraction of sp³-hybridized carbons (Fsp3) is 0.167. The molecule has 9 heteroatoms. The number of carbonyl (C=O) groups excluding carboxylic acids is 1. The highest BCUT2D eigenvalue weighted by atomic mass is 19.4. The molecule has 0 N–H and O–H groups in total. The smallest absolute Gasteiger partial charge is 0.435 e. The maximum Gasteiger partial charge on any atom is 0.435 e. The van der Waals surface area contributed by atoms with Crippen LogP contribution in [0.25, 0.3) is 11.3 Å². The van der Waals surface area contributed by atoms with Crippen LogP contribution in [0.5, 0.6) is 0 Å². The van der Waals surface area contributed by atoms with Gasteiger partial charge in [-0.3, -0.25) is 4.68 Å². The van der Waals surface area contributed by atoms with Gasteiger partial charge in [-0.25, -0.2) is 9.78 Å². The number of hydrogen-bond acceptors (Lipinski definition) is 4. The molecule has 0 aliphatic carbocycles. The predicted octanol–water partition coefficient (Wildman–Crippen LogP) is 6.32. The van der Waals surface area contributed by atoms with E-state index in [0.717, 1.165) is 16.7 Å². The van der Waals surface area contributed by atoms with E-state index in [1.54, 1.807) is 6.92 Å². The van der Waals surface area contributed by atoms with E-state index in [1.165, 1.54) is 28.7 Å². The zero-order chi connectivity index (χ0) is 27.6. The van der Waals surface area contributed by atoms with Crippen molar-refractivity contribution in [3.63, 3.8) is 0 Å². The van der Waals surface area contributed by atoms with Gasteiger partial charge in [-0.15, -0.1) is 0 Å². The number of benzene rings is 3. The lowest BCUT2D eigenvalue weighted by atomic mass is 9.77. The molecular weight excluding hydrogens is 505 g/mol. The SMILES string of the molecule is CCOC(=O)c1ncc(-c2cn(C(c3ccccc3)(c3ccccc3)c3ccccc3)nc2C(F)(F)F)n1C. The molecule has 5 rings (SSSR count). The molecule has 0 saturated carbocycles. The molecule has 2 heterocycles. The van der Waals surface area contributed by atoms with E-state index < -0.39 is 23.4 Å². The minimum Gasteiger partial charge on any atom is -0.460 e. The second kappa shape index (κ2) is 10.2. The molecule has 0 fully saturated rings. The predicted molar refractivity (Wildman–Crippen MR) is 140 cm³/mol. The third kappa shape index (κ3) is 4.50. The zero-order valence-corrected chi connectivity index (χ0v) is 21.3. The second-order valence-electron chi connectivity index (χ2n) is 8.89. The third-order valence-corrected chi connectivity index (χ3v) is 6.62. The first kappa shape index (κ1) is 26.0. The Balaban J connectivity index is 1.85. The number of esters is 1. The Bertz CT molecular complexity index is 1480. The first-order chi connectivity index (χ1) is 18.8. The minimum absolute atomic E-state index is 0.0831. The highest BCUT2D eigenvalue weighted by Gasteiger charge is 2.44. The van der Waals surface area contributed by atoms with Crippen LogP contribution in [0.4, 0.5) is 13.2 Å².